The van der Waals surface area contributed by atoms with E-state index in [9.17, 15) is 5.11 Å². The number of aromatic hydroxyl groups is 1. The van der Waals surface area contributed by atoms with Gasteiger partial charge in [-0.1, -0.05) is 17.4 Å². The van der Waals surface area contributed by atoms with Gasteiger partial charge in [0.15, 0.2) is 6.04 Å². The molecule has 6 nitrogen and oxygen atoms in total. The minimum Gasteiger partial charge on any atom is -0.492 e. The summed E-state index contributed by atoms with van der Waals surface area (Å²) in [7, 11) is 0. The molecule has 116 valence electrons. The zero-order chi connectivity index (χ0) is 15.1. The van der Waals surface area contributed by atoms with Crippen LogP contribution in [0.1, 0.15) is 21.6 Å². The third-order valence-corrected chi connectivity index (χ3v) is 5.96. The number of aromatic nitrogens is 3. The number of thiophene rings is 1. The second kappa shape index (κ2) is 5.62. The van der Waals surface area contributed by atoms with Crippen molar-refractivity contribution < 1.29 is 14.7 Å². The van der Waals surface area contributed by atoms with Crippen LogP contribution in [0.3, 0.4) is 0 Å². The lowest BCUT2D eigenvalue weighted by Crippen LogP contribution is -3.14. The van der Waals surface area contributed by atoms with E-state index in [1.807, 2.05) is 6.92 Å². The van der Waals surface area contributed by atoms with Crippen LogP contribution in [-0.2, 0) is 4.74 Å². The van der Waals surface area contributed by atoms with E-state index in [0.717, 1.165) is 36.1 Å². The number of thiazole rings is 1. The second-order valence-corrected chi connectivity index (χ2v) is 7.35. The van der Waals surface area contributed by atoms with E-state index in [1.54, 1.807) is 15.9 Å². The van der Waals surface area contributed by atoms with Crippen LogP contribution in [0.2, 0.25) is 0 Å². The number of aryl methyl sites for hydroxylation is 1. The van der Waals surface area contributed by atoms with Gasteiger partial charge in [-0.25, -0.2) is 4.98 Å². The van der Waals surface area contributed by atoms with Crippen molar-refractivity contribution in [2.45, 2.75) is 13.0 Å². The van der Waals surface area contributed by atoms with E-state index in [0.29, 0.717) is 5.82 Å². The number of morpholine rings is 1. The number of ether oxygens (including phenoxy) is 1. The summed E-state index contributed by atoms with van der Waals surface area (Å²) in [5.41, 5.74) is 0. The van der Waals surface area contributed by atoms with Crippen LogP contribution in [0.25, 0.3) is 4.96 Å². The van der Waals surface area contributed by atoms with Crippen molar-refractivity contribution in [1.29, 1.82) is 0 Å². The summed E-state index contributed by atoms with van der Waals surface area (Å²) in [6.07, 6.45) is 0. The molecule has 1 saturated heterocycles. The molecule has 0 unspecified atom stereocenters. The van der Waals surface area contributed by atoms with Crippen LogP contribution in [0.4, 0.5) is 0 Å². The van der Waals surface area contributed by atoms with E-state index in [1.165, 1.54) is 21.1 Å². The van der Waals surface area contributed by atoms with Gasteiger partial charge in [0.05, 0.1) is 18.1 Å². The predicted octanol–water partition coefficient (Wildman–Crippen LogP) is 0.871. The topological polar surface area (TPSA) is 64.1 Å². The van der Waals surface area contributed by atoms with Crippen molar-refractivity contribution in [1.82, 2.24) is 14.6 Å². The Morgan fingerprint density at radius 3 is 2.91 bits per heavy atom. The minimum absolute atomic E-state index is 0.123. The molecule has 0 spiro atoms. The first-order chi connectivity index (χ1) is 10.7. The van der Waals surface area contributed by atoms with E-state index in [-0.39, 0.29) is 11.9 Å². The van der Waals surface area contributed by atoms with Crippen LogP contribution >= 0.6 is 22.7 Å². The van der Waals surface area contributed by atoms with Crippen molar-refractivity contribution >= 4 is 27.6 Å². The normalized spacial score (nSPS) is 18.0. The summed E-state index contributed by atoms with van der Waals surface area (Å²) in [5, 5.41) is 17.0. The zero-order valence-electron chi connectivity index (χ0n) is 12.2. The number of nitrogens with zero attached hydrogens (tertiary/aromatic N) is 3. The van der Waals surface area contributed by atoms with Crippen LogP contribution in [-0.4, -0.2) is 46.0 Å². The molecular formula is C14H17N4O2S2+. The first-order valence-electron chi connectivity index (χ1n) is 7.25. The van der Waals surface area contributed by atoms with Gasteiger partial charge in [-0.15, -0.1) is 16.4 Å². The monoisotopic (exact) mass is 337 g/mol. The summed E-state index contributed by atoms with van der Waals surface area (Å²) in [6, 6.07) is 4.32. The highest BCUT2D eigenvalue weighted by atomic mass is 32.1. The standard InChI is InChI=1S/C14H16N4O2S2/c1-9-15-14-18(16-9)13(19)12(22-14)11(10-3-2-8-21-10)17-4-6-20-7-5-17/h2-3,8,11,19H,4-7H2,1H3/p+1/t11-/m0/s1. The summed E-state index contributed by atoms with van der Waals surface area (Å²) >= 11 is 3.26. The highest BCUT2D eigenvalue weighted by Crippen LogP contribution is 2.36. The van der Waals surface area contributed by atoms with E-state index >= 15 is 0 Å². The molecule has 22 heavy (non-hydrogen) atoms. The van der Waals surface area contributed by atoms with Gasteiger partial charge in [0.25, 0.3) is 0 Å². The maximum Gasteiger partial charge on any atom is 0.235 e. The third kappa shape index (κ3) is 2.32. The first-order valence-corrected chi connectivity index (χ1v) is 8.94. The molecule has 4 heterocycles. The highest BCUT2D eigenvalue weighted by molar-refractivity contribution is 7.17. The van der Waals surface area contributed by atoms with Crippen molar-refractivity contribution in [2.75, 3.05) is 26.3 Å². The SMILES string of the molecule is Cc1nc2sc([C@H](c3cccs3)[NH+]3CCOCC3)c(O)n2n1. The summed E-state index contributed by atoms with van der Waals surface area (Å²) < 4.78 is 7.04. The Labute approximate surface area is 135 Å². The van der Waals surface area contributed by atoms with Gasteiger partial charge in [-0.2, -0.15) is 4.52 Å². The number of hydrogen-bond acceptors (Lipinski definition) is 6. The molecule has 0 amide bonds. The maximum atomic E-state index is 10.6. The molecule has 3 aromatic heterocycles. The average molecular weight is 337 g/mol. The summed E-state index contributed by atoms with van der Waals surface area (Å²) in [5.74, 6) is 0.900. The predicted molar refractivity (Wildman–Crippen MR) is 84.9 cm³/mol. The highest BCUT2D eigenvalue weighted by Gasteiger charge is 2.34. The van der Waals surface area contributed by atoms with Crippen molar-refractivity contribution in [3.8, 4) is 5.88 Å². The first kappa shape index (κ1) is 14.1. The largest absolute Gasteiger partial charge is 0.492 e. The molecule has 1 fully saturated rings. The van der Waals surface area contributed by atoms with Gasteiger partial charge in [0, 0.05) is 0 Å². The summed E-state index contributed by atoms with van der Waals surface area (Å²) in [6.45, 7) is 5.24. The number of nitrogens with one attached hydrogen (secondary N) is 1. The molecule has 3 aromatic rings. The molecular weight excluding hydrogens is 320 g/mol. The third-order valence-electron chi connectivity index (χ3n) is 3.94. The van der Waals surface area contributed by atoms with Crippen LogP contribution in [0.5, 0.6) is 5.88 Å². The fraction of sp³-hybridized carbons (Fsp3) is 0.429. The van der Waals surface area contributed by atoms with Gasteiger partial charge in [-0.3, -0.25) is 0 Å². The molecule has 1 aliphatic heterocycles. The van der Waals surface area contributed by atoms with Crippen molar-refractivity contribution in [3.63, 3.8) is 0 Å². The van der Waals surface area contributed by atoms with Gasteiger partial charge in [0.1, 0.15) is 23.8 Å². The summed E-state index contributed by atoms with van der Waals surface area (Å²) in [4.78, 5) is 8.75. The van der Waals surface area contributed by atoms with Crippen molar-refractivity contribution in [2.24, 2.45) is 0 Å². The number of rotatable bonds is 3. The molecule has 0 saturated carbocycles. The van der Waals surface area contributed by atoms with Crippen LogP contribution in [0, 0.1) is 6.92 Å². The lowest BCUT2D eigenvalue weighted by Gasteiger charge is -2.30. The van der Waals surface area contributed by atoms with E-state index in [4.69, 9.17) is 4.74 Å². The Kier molecular flexibility index (Phi) is 3.61. The smallest absolute Gasteiger partial charge is 0.235 e. The average Bonchev–Trinajstić information content (AvgIpc) is 3.22. The van der Waals surface area contributed by atoms with Gasteiger partial charge < -0.3 is 14.7 Å². The molecule has 0 bridgehead atoms. The molecule has 2 N–H and O–H groups in total. The Morgan fingerprint density at radius 2 is 2.23 bits per heavy atom. The quantitative estimate of drug-likeness (QED) is 0.744. The van der Waals surface area contributed by atoms with Crippen LogP contribution in [0.15, 0.2) is 17.5 Å². The molecule has 0 radical (unpaired) electrons. The fourth-order valence-electron chi connectivity index (χ4n) is 2.93. The molecule has 1 atom stereocenters. The fourth-order valence-corrected chi connectivity index (χ4v) is 5.07. The molecule has 4 rings (SSSR count). The van der Waals surface area contributed by atoms with Crippen molar-refractivity contribution in [3.05, 3.63) is 33.1 Å². The molecule has 0 aromatic carbocycles. The Hall–Kier alpha value is -1.48. The Bertz CT molecular complexity index is 774. The molecule has 0 aliphatic carbocycles. The zero-order valence-corrected chi connectivity index (χ0v) is 13.8. The maximum absolute atomic E-state index is 10.6. The van der Waals surface area contributed by atoms with Crippen LogP contribution < -0.4 is 4.90 Å². The van der Waals surface area contributed by atoms with E-state index < -0.39 is 0 Å². The molecule has 8 heteroatoms. The molecule has 1 aliphatic rings. The number of quaternary nitrogens is 1. The number of fused-ring (bicyclic) bond motifs is 1. The van der Waals surface area contributed by atoms with E-state index in [2.05, 4.69) is 27.6 Å². The minimum atomic E-state index is 0.123. The number of hydrogen-bond donors (Lipinski definition) is 2. The van der Waals surface area contributed by atoms with Gasteiger partial charge in [0.2, 0.25) is 10.8 Å². The Morgan fingerprint density at radius 1 is 1.41 bits per heavy atom. The lowest BCUT2D eigenvalue weighted by atomic mass is 10.1. The van der Waals surface area contributed by atoms with Gasteiger partial charge in [-0.05, 0) is 18.4 Å². The Balaban J connectivity index is 1.81. The lowest BCUT2D eigenvalue weighted by molar-refractivity contribution is -0.932. The van der Waals surface area contributed by atoms with Gasteiger partial charge >= 0.3 is 0 Å². The second-order valence-electron chi connectivity index (χ2n) is 5.36.